The van der Waals surface area contributed by atoms with Crippen LogP contribution in [0.15, 0.2) is 10.5 Å². The van der Waals surface area contributed by atoms with Gasteiger partial charge in [-0.25, -0.2) is 13.8 Å². The molecule has 1 aromatic heterocycles. The summed E-state index contributed by atoms with van der Waals surface area (Å²) in [6, 6.07) is 0.486. The van der Waals surface area contributed by atoms with Crippen LogP contribution in [-0.4, -0.2) is 10.1 Å². The molecule has 0 aliphatic heterocycles. The minimum Gasteiger partial charge on any atom is -0.390 e. The van der Waals surface area contributed by atoms with Crippen molar-refractivity contribution in [1.29, 1.82) is 0 Å². The van der Waals surface area contributed by atoms with E-state index in [0.717, 1.165) is 0 Å². The Morgan fingerprint density at radius 3 is 2.31 bits per heavy atom. The first-order chi connectivity index (χ1) is 7.27. The lowest BCUT2D eigenvalue weighted by atomic mass is 10.1. The van der Waals surface area contributed by atoms with Crippen LogP contribution in [0.25, 0.3) is 0 Å². The van der Waals surface area contributed by atoms with Crippen molar-refractivity contribution < 1.29 is 27.1 Å². The van der Waals surface area contributed by atoms with E-state index >= 15 is 0 Å². The van der Waals surface area contributed by atoms with Crippen molar-refractivity contribution in [3.63, 3.8) is 0 Å². The molecule has 90 valence electrons. The van der Waals surface area contributed by atoms with E-state index < -0.39 is 30.5 Å². The smallest absolute Gasteiger partial charge is 0.390 e. The molecule has 1 rings (SSSR count). The lowest BCUT2D eigenvalue weighted by Gasteiger charge is -2.13. The largest absolute Gasteiger partial charge is 0.418 e. The first-order valence-corrected chi connectivity index (χ1v) is 4.72. The zero-order valence-corrected chi connectivity index (χ0v) is 9.11. The minimum absolute atomic E-state index is 0.160. The maximum absolute atomic E-state index is 12.4. The normalized spacial score (nSPS) is 12.2. The number of hydrogen-bond acceptors (Lipinski definition) is 2. The van der Waals surface area contributed by atoms with Crippen LogP contribution >= 0.6 is 15.9 Å². The van der Waals surface area contributed by atoms with Gasteiger partial charge >= 0.3 is 6.18 Å². The number of nitrogens with zero attached hydrogens (tertiary/aromatic N) is 1. The molecule has 0 saturated carbocycles. The molecule has 0 saturated heterocycles. The molecule has 0 amide bonds. The predicted molar refractivity (Wildman–Crippen MR) is 47.8 cm³/mol. The van der Waals surface area contributed by atoms with Crippen LogP contribution in [0.3, 0.4) is 0 Å². The summed E-state index contributed by atoms with van der Waals surface area (Å²) in [5.74, 6) is 0. The summed E-state index contributed by atoms with van der Waals surface area (Å²) >= 11 is 2.72. The Morgan fingerprint density at radius 2 is 1.94 bits per heavy atom. The van der Waals surface area contributed by atoms with E-state index in [2.05, 4.69) is 20.9 Å². The highest BCUT2D eigenvalue weighted by atomic mass is 79.9. The Kier molecular flexibility index (Phi) is 3.84. The van der Waals surface area contributed by atoms with E-state index in [-0.39, 0.29) is 10.2 Å². The average molecular weight is 306 g/mol. The highest BCUT2D eigenvalue weighted by molar-refractivity contribution is 9.10. The second kappa shape index (κ2) is 4.62. The van der Waals surface area contributed by atoms with Crippen molar-refractivity contribution >= 4 is 15.9 Å². The van der Waals surface area contributed by atoms with Crippen molar-refractivity contribution in [2.75, 3.05) is 0 Å². The van der Waals surface area contributed by atoms with Crippen molar-refractivity contribution in [2.45, 2.75) is 19.2 Å². The molecular formula is C8H5BrF5NO. The quantitative estimate of drug-likeness (QED) is 0.851. The summed E-state index contributed by atoms with van der Waals surface area (Å²) in [6.07, 6.45) is -8.26. The maximum atomic E-state index is 12.4. The number of aliphatic hydroxyl groups is 1. The van der Waals surface area contributed by atoms with Gasteiger partial charge in [-0.3, -0.25) is 0 Å². The van der Waals surface area contributed by atoms with Crippen LogP contribution < -0.4 is 0 Å². The predicted octanol–water partition coefficient (Wildman–Crippen LogP) is 3.29. The van der Waals surface area contributed by atoms with Gasteiger partial charge in [0.1, 0.15) is 5.69 Å². The van der Waals surface area contributed by atoms with Crippen LogP contribution in [0, 0.1) is 0 Å². The molecule has 0 aliphatic rings. The summed E-state index contributed by atoms with van der Waals surface area (Å²) in [7, 11) is 0. The average Bonchev–Trinajstić information content (AvgIpc) is 2.15. The molecule has 1 aromatic rings. The monoisotopic (exact) mass is 305 g/mol. The minimum atomic E-state index is -4.91. The van der Waals surface area contributed by atoms with Crippen molar-refractivity contribution in [1.82, 2.24) is 4.98 Å². The van der Waals surface area contributed by atoms with Crippen molar-refractivity contribution in [2.24, 2.45) is 0 Å². The third-order valence-corrected chi connectivity index (χ3v) is 2.43. The Morgan fingerprint density at radius 1 is 1.38 bits per heavy atom. The first kappa shape index (κ1) is 13.3. The van der Waals surface area contributed by atoms with E-state index in [4.69, 9.17) is 5.11 Å². The van der Waals surface area contributed by atoms with Gasteiger partial charge < -0.3 is 5.11 Å². The van der Waals surface area contributed by atoms with Crippen LogP contribution in [0.4, 0.5) is 22.0 Å². The fraction of sp³-hybridized carbons (Fsp3) is 0.375. The molecule has 0 aromatic carbocycles. The van der Waals surface area contributed by atoms with E-state index in [1.165, 1.54) is 0 Å². The summed E-state index contributed by atoms with van der Waals surface area (Å²) in [4.78, 5) is 3.09. The number of aliphatic hydroxyl groups excluding tert-OH is 1. The summed E-state index contributed by atoms with van der Waals surface area (Å²) in [5, 5.41) is 8.70. The van der Waals surface area contributed by atoms with E-state index in [1.54, 1.807) is 0 Å². The third-order valence-electron chi connectivity index (χ3n) is 1.74. The first-order valence-electron chi connectivity index (χ1n) is 3.93. The van der Waals surface area contributed by atoms with Crippen molar-refractivity contribution in [3.05, 3.63) is 27.5 Å². The molecule has 0 atom stereocenters. The van der Waals surface area contributed by atoms with Gasteiger partial charge in [0.25, 0.3) is 6.43 Å². The van der Waals surface area contributed by atoms with Crippen LogP contribution in [-0.2, 0) is 12.8 Å². The molecule has 2 nitrogen and oxygen atoms in total. The molecular weight excluding hydrogens is 301 g/mol. The highest BCUT2D eigenvalue weighted by Crippen LogP contribution is 2.37. The number of halogens is 6. The molecule has 0 aliphatic carbocycles. The number of pyridine rings is 1. The zero-order valence-electron chi connectivity index (χ0n) is 7.52. The Balaban J connectivity index is 3.42. The highest BCUT2D eigenvalue weighted by Gasteiger charge is 2.37. The van der Waals surface area contributed by atoms with Crippen LogP contribution in [0.5, 0.6) is 0 Å². The van der Waals surface area contributed by atoms with E-state index in [1.807, 2.05) is 0 Å². The molecule has 1 N–H and O–H groups in total. The summed E-state index contributed by atoms with van der Waals surface area (Å²) in [6.45, 7) is -0.724. The number of hydrogen-bond donors (Lipinski definition) is 1. The number of aromatic nitrogens is 1. The van der Waals surface area contributed by atoms with Gasteiger partial charge in [0.05, 0.1) is 17.9 Å². The Hall–Kier alpha value is -0.760. The molecule has 0 unspecified atom stereocenters. The lowest BCUT2D eigenvalue weighted by molar-refractivity contribution is -0.140. The SMILES string of the molecule is OCc1nc(C(F)F)c(C(F)(F)F)cc1Br. The topological polar surface area (TPSA) is 33.1 Å². The second-order valence-corrected chi connectivity index (χ2v) is 3.66. The third kappa shape index (κ3) is 2.67. The van der Waals surface area contributed by atoms with Gasteiger partial charge in [-0.05, 0) is 22.0 Å². The fourth-order valence-corrected chi connectivity index (χ4v) is 1.49. The molecule has 0 bridgehead atoms. The molecule has 16 heavy (non-hydrogen) atoms. The molecule has 1 heterocycles. The van der Waals surface area contributed by atoms with Crippen LogP contribution in [0.1, 0.15) is 23.4 Å². The summed E-state index contributed by atoms with van der Waals surface area (Å²) in [5.41, 5.74) is -3.14. The van der Waals surface area contributed by atoms with Gasteiger partial charge in [-0.2, -0.15) is 13.2 Å². The second-order valence-electron chi connectivity index (χ2n) is 2.81. The Labute approximate surface area is 95.2 Å². The zero-order chi connectivity index (χ0) is 12.5. The van der Waals surface area contributed by atoms with Gasteiger partial charge in [0, 0.05) is 4.47 Å². The Bertz CT molecular complexity index is 393. The maximum Gasteiger partial charge on any atom is 0.418 e. The van der Waals surface area contributed by atoms with Crippen molar-refractivity contribution in [3.8, 4) is 0 Å². The standard InChI is InChI=1S/C8H5BrF5NO/c9-4-1-3(8(12,13)14)6(7(10)11)15-5(4)2-16/h1,7,16H,2H2. The van der Waals surface area contributed by atoms with Crippen LogP contribution in [0.2, 0.25) is 0 Å². The van der Waals surface area contributed by atoms with Gasteiger partial charge in [0.15, 0.2) is 0 Å². The van der Waals surface area contributed by atoms with E-state index in [9.17, 15) is 22.0 Å². The number of rotatable bonds is 2. The van der Waals surface area contributed by atoms with Gasteiger partial charge in [-0.15, -0.1) is 0 Å². The summed E-state index contributed by atoms with van der Waals surface area (Å²) < 4.78 is 61.6. The molecule has 8 heteroatoms. The molecule has 0 fully saturated rings. The lowest BCUT2D eigenvalue weighted by Crippen LogP contribution is -2.13. The van der Waals surface area contributed by atoms with Gasteiger partial charge in [-0.1, -0.05) is 0 Å². The molecule has 0 radical (unpaired) electrons. The van der Waals surface area contributed by atoms with Gasteiger partial charge in [0.2, 0.25) is 0 Å². The number of alkyl halides is 5. The molecule has 0 spiro atoms. The fourth-order valence-electron chi connectivity index (χ4n) is 1.05. The van der Waals surface area contributed by atoms with E-state index in [0.29, 0.717) is 6.07 Å².